The Hall–Kier alpha value is -0.820. The summed E-state index contributed by atoms with van der Waals surface area (Å²) in [6, 6.07) is 8.39. The quantitative estimate of drug-likeness (QED) is 0.607. The summed E-state index contributed by atoms with van der Waals surface area (Å²) in [6.07, 6.45) is 10.4. The average molecular weight is 248 g/mol. The number of hydrogen-bond donors (Lipinski definition) is 1. The lowest BCUT2D eigenvalue weighted by Crippen LogP contribution is -1.92. The molecule has 0 aliphatic rings. The van der Waals surface area contributed by atoms with E-state index in [0.717, 1.165) is 5.56 Å². The number of aliphatic hydroxyl groups excluding tert-OH is 1. The minimum atomic E-state index is -0.349. The van der Waals surface area contributed by atoms with E-state index in [1.54, 1.807) is 0 Å². The first kappa shape index (κ1) is 15.2. The molecular formula is C17H28O. The van der Waals surface area contributed by atoms with Gasteiger partial charge in [-0.25, -0.2) is 0 Å². The molecule has 1 heteroatoms. The van der Waals surface area contributed by atoms with Gasteiger partial charge in [0, 0.05) is 0 Å². The molecule has 0 saturated carbocycles. The van der Waals surface area contributed by atoms with Crippen LogP contribution >= 0.6 is 0 Å². The molecule has 0 heterocycles. The molecule has 1 atom stereocenters. The summed E-state index contributed by atoms with van der Waals surface area (Å²) >= 11 is 0. The molecule has 0 spiro atoms. The predicted molar refractivity (Wildman–Crippen MR) is 78.8 cm³/mol. The van der Waals surface area contributed by atoms with Crippen LogP contribution in [0.15, 0.2) is 24.3 Å². The van der Waals surface area contributed by atoms with E-state index < -0.39 is 0 Å². The maximum atomic E-state index is 9.43. The van der Waals surface area contributed by atoms with Gasteiger partial charge in [-0.05, 0) is 30.9 Å². The number of benzene rings is 1. The van der Waals surface area contributed by atoms with Crippen molar-refractivity contribution in [1.82, 2.24) is 0 Å². The molecule has 0 aliphatic heterocycles. The smallest absolute Gasteiger partial charge is 0.0761 e. The molecule has 0 aromatic heterocycles. The van der Waals surface area contributed by atoms with Crippen LogP contribution in [0.2, 0.25) is 0 Å². The largest absolute Gasteiger partial charge is 0.389 e. The lowest BCUT2D eigenvalue weighted by molar-refractivity contribution is 0.199. The van der Waals surface area contributed by atoms with Crippen molar-refractivity contribution >= 4 is 0 Å². The minimum Gasteiger partial charge on any atom is -0.389 e. The third kappa shape index (κ3) is 6.20. The van der Waals surface area contributed by atoms with Crippen LogP contribution < -0.4 is 0 Å². The molecule has 102 valence electrons. The summed E-state index contributed by atoms with van der Waals surface area (Å²) in [5.74, 6) is 0. The number of unbranched alkanes of at least 4 members (excludes halogenated alkanes) is 6. The maximum Gasteiger partial charge on any atom is 0.0761 e. The fraction of sp³-hybridized carbons (Fsp3) is 0.647. The van der Waals surface area contributed by atoms with E-state index in [9.17, 15) is 5.11 Å². The Morgan fingerprint density at radius 2 is 1.44 bits per heavy atom. The van der Waals surface area contributed by atoms with Crippen molar-refractivity contribution in [1.29, 1.82) is 0 Å². The molecule has 1 aromatic carbocycles. The van der Waals surface area contributed by atoms with Crippen molar-refractivity contribution in [2.45, 2.75) is 71.3 Å². The number of rotatable bonds is 9. The second-order valence-corrected chi connectivity index (χ2v) is 5.29. The Morgan fingerprint density at radius 1 is 0.889 bits per heavy atom. The highest BCUT2D eigenvalue weighted by molar-refractivity contribution is 5.23. The van der Waals surface area contributed by atoms with Crippen molar-refractivity contribution in [2.24, 2.45) is 0 Å². The molecule has 0 bridgehead atoms. The zero-order valence-electron chi connectivity index (χ0n) is 12.0. The second-order valence-electron chi connectivity index (χ2n) is 5.29. The molecule has 0 saturated heterocycles. The van der Waals surface area contributed by atoms with Gasteiger partial charge in [-0.15, -0.1) is 0 Å². The summed E-state index contributed by atoms with van der Waals surface area (Å²) in [4.78, 5) is 0. The molecule has 1 N–H and O–H groups in total. The van der Waals surface area contributed by atoms with Crippen molar-refractivity contribution in [2.75, 3.05) is 0 Å². The third-order valence-electron chi connectivity index (χ3n) is 3.53. The lowest BCUT2D eigenvalue weighted by Gasteiger charge is -2.06. The normalized spacial score (nSPS) is 12.6. The number of aryl methyl sites for hydroxylation is 1. The summed E-state index contributed by atoms with van der Waals surface area (Å²) in [5, 5.41) is 9.43. The van der Waals surface area contributed by atoms with Crippen LogP contribution in [0, 0.1) is 0 Å². The van der Waals surface area contributed by atoms with E-state index in [0.29, 0.717) is 0 Å². The van der Waals surface area contributed by atoms with E-state index >= 15 is 0 Å². The van der Waals surface area contributed by atoms with Crippen LogP contribution in [0.1, 0.15) is 76.0 Å². The van der Waals surface area contributed by atoms with Crippen LogP contribution in [-0.4, -0.2) is 5.11 Å². The molecule has 0 radical (unpaired) electrons. The summed E-state index contributed by atoms with van der Waals surface area (Å²) in [5.41, 5.74) is 2.41. The number of aliphatic hydroxyl groups is 1. The maximum absolute atomic E-state index is 9.43. The molecular weight excluding hydrogens is 220 g/mol. The first-order valence-corrected chi connectivity index (χ1v) is 7.51. The lowest BCUT2D eigenvalue weighted by atomic mass is 10.0. The third-order valence-corrected chi connectivity index (χ3v) is 3.53. The van der Waals surface area contributed by atoms with E-state index in [-0.39, 0.29) is 6.10 Å². The molecule has 1 rings (SSSR count). The topological polar surface area (TPSA) is 20.2 Å². The van der Waals surface area contributed by atoms with Gasteiger partial charge in [0.05, 0.1) is 6.10 Å². The van der Waals surface area contributed by atoms with E-state index in [4.69, 9.17) is 0 Å². The highest BCUT2D eigenvalue weighted by atomic mass is 16.3. The Balaban J connectivity index is 2.12. The SMILES string of the molecule is CCCCCCCCCc1ccc(C(C)O)cc1. The van der Waals surface area contributed by atoms with Gasteiger partial charge in [0.15, 0.2) is 0 Å². The Morgan fingerprint density at radius 3 is 2.00 bits per heavy atom. The summed E-state index contributed by atoms with van der Waals surface area (Å²) < 4.78 is 0. The monoisotopic (exact) mass is 248 g/mol. The van der Waals surface area contributed by atoms with E-state index in [1.807, 2.05) is 19.1 Å². The van der Waals surface area contributed by atoms with Crippen LogP contribution in [0.25, 0.3) is 0 Å². The summed E-state index contributed by atoms with van der Waals surface area (Å²) in [6.45, 7) is 4.07. The van der Waals surface area contributed by atoms with Gasteiger partial charge < -0.3 is 5.11 Å². The van der Waals surface area contributed by atoms with Crippen LogP contribution in [0.5, 0.6) is 0 Å². The molecule has 1 unspecified atom stereocenters. The summed E-state index contributed by atoms with van der Waals surface area (Å²) in [7, 11) is 0. The first-order valence-electron chi connectivity index (χ1n) is 7.51. The van der Waals surface area contributed by atoms with Gasteiger partial charge in [-0.2, -0.15) is 0 Å². The van der Waals surface area contributed by atoms with Crippen molar-refractivity contribution in [3.63, 3.8) is 0 Å². The van der Waals surface area contributed by atoms with Gasteiger partial charge in [0.1, 0.15) is 0 Å². The zero-order valence-corrected chi connectivity index (χ0v) is 12.0. The van der Waals surface area contributed by atoms with Gasteiger partial charge in [0.2, 0.25) is 0 Å². The highest BCUT2D eigenvalue weighted by Crippen LogP contribution is 2.15. The predicted octanol–water partition coefficient (Wildman–Crippen LogP) is 5.03. The van der Waals surface area contributed by atoms with E-state index in [1.165, 1.54) is 56.9 Å². The Labute approximate surface area is 112 Å². The Bertz CT molecular complexity index is 300. The van der Waals surface area contributed by atoms with Crippen molar-refractivity contribution in [3.05, 3.63) is 35.4 Å². The first-order chi connectivity index (χ1) is 8.74. The van der Waals surface area contributed by atoms with Gasteiger partial charge in [-0.1, -0.05) is 69.7 Å². The van der Waals surface area contributed by atoms with Crippen LogP contribution in [0.3, 0.4) is 0 Å². The van der Waals surface area contributed by atoms with Crippen molar-refractivity contribution < 1.29 is 5.11 Å². The fourth-order valence-corrected chi connectivity index (χ4v) is 2.25. The molecule has 0 aliphatic carbocycles. The molecule has 1 aromatic rings. The molecule has 0 amide bonds. The van der Waals surface area contributed by atoms with Crippen LogP contribution in [-0.2, 0) is 6.42 Å². The van der Waals surface area contributed by atoms with Gasteiger partial charge >= 0.3 is 0 Å². The zero-order chi connectivity index (χ0) is 13.2. The minimum absolute atomic E-state index is 0.349. The van der Waals surface area contributed by atoms with E-state index in [2.05, 4.69) is 19.1 Å². The second kappa shape index (κ2) is 9.16. The molecule has 18 heavy (non-hydrogen) atoms. The highest BCUT2D eigenvalue weighted by Gasteiger charge is 2.00. The average Bonchev–Trinajstić information content (AvgIpc) is 2.38. The van der Waals surface area contributed by atoms with Crippen molar-refractivity contribution in [3.8, 4) is 0 Å². The van der Waals surface area contributed by atoms with Gasteiger partial charge in [0.25, 0.3) is 0 Å². The number of hydrogen-bond acceptors (Lipinski definition) is 1. The molecule has 0 fully saturated rings. The standard InChI is InChI=1S/C17H28O/c1-3-4-5-6-7-8-9-10-16-11-13-17(14-12-16)15(2)18/h11-15,18H,3-10H2,1-2H3. The Kier molecular flexibility index (Phi) is 7.75. The van der Waals surface area contributed by atoms with Crippen LogP contribution in [0.4, 0.5) is 0 Å². The molecule has 1 nitrogen and oxygen atoms in total. The fourth-order valence-electron chi connectivity index (χ4n) is 2.25. The van der Waals surface area contributed by atoms with Gasteiger partial charge in [-0.3, -0.25) is 0 Å².